The van der Waals surface area contributed by atoms with E-state index in [9.17, 15) is 13.6 Å². The number of nitrogens with one attached hydrogen (secondary N) is 2. The summed E-state index contributed by atoms with van der Waals surface area (Å²) in [5.74, 6) is 0.0907. The van der Waals surface area contributed by atoms with Crippen LogP contribution in [-0.2, 0) is 11.3 Å². The van der Waals surface area contributed by atoms with Crippen molar-refractivity contribution >= 4 is 5.91 Å². The predicted octanol–water partition coefficient (Wildman–Crippen LogP) is 1.66. The van der Waals surface area contributed by atoms with Gasteiger partial charge >= 0.3 is 6.61 Å². The second-order valence-corrected chi connectivity index (χ2v) is 4.39. The lowest BCUT2D eigenvalue weighted by Gasteiger charge is -2.11. The molecule has 1 saturated heterocycles. The van der Waals surface area contributed by atoms with Crippen molar-refractivity contribution in [2.45, 2.75) is 32.0 Å². The number of carbonyl (C=O) groups excluding carboxylic acids is 1. The number of rotatable bonds is 5. The minimum atomic E-state index is -2.82. The molecule has 1 unspecified atom stereocenters. The molecule has 19 heavy (non-hydrogen) atoms. The summed E-state index contributed by atoms with van der Waals surface area (Å²) in [4.78, 5) is 11.7. The fourth-order valence-corrected chi connectivity index (χ4v) is 2.01. The van der Waals surface area contributed by atoms with Crippen molar-refractivity contribution in [3.63, 3.8) is 0 Å². The maximum Gasteiger partial charge on any atom is 0.387 e. The SMILES string of the molecule is O=C(NCc1ccc(OC(F)F)cc1)C1CCCN1. The Hall–Kier alpha value is -1.69. The van der Waals surface area contributed by atoms with E-state index < -0.39 is 6.61 Å². The largest absolute Gasteiger partial charge is 0.435 e. The third kappa shape index (κ3) is 4.17. The standard InChI is InChI=1S/C13H16F2N2O2/c14-13(15)19-10-5-3-9(4-6-10)8-17-12(18)11-2-1-7-16-11/h3-6,11,13,16H,1-2,7-8H2,(H,17,18). The highest BCUT2D eigenvalue weighted by atomic mass is 19.3. The van der Waals surface area contributed by atoms with Crippen molar-refractivity contribution < 1.29 is 18.3 Å². The van der Waals surface area contributed by atoms with E-state index in [-0.39, 0.29) is 17.7 Å². The van der Waals surface area contributed by atoms with E-state index in [1.54, 1.807) is 12.1 Å². The Kier molecular flexibility index (Phi) is 4.68. The highest BCUT2D eigenvalue weighted by Gasteiger charge is 2.21. The molecule has 2 rings (SSSR count). The third-order valence-electron chi connectivity index (χ3n) is 2.99. The molecule has 0 spiro atoms. The van der Waals surface area contributed by atoms with Crippen LogP contribution >= 0.6 is 0 Å². The fraction of sp³-hybridized carbons (Fsp3) is 0.462. The Bertz CT molecular complexity index is 417. The highest BCUT2D eigenvalue weighted by Crippen LogP contribution is 2.15. The summed E-state index contributed by atoms with van der Waals surface area (Å²) >= 11 is 0. The molecule has 1 fully saturated rings. The van der Waals surface area contributed by atoms with Gasteiger partial charge in [-0.15, -0.1) is 0 Å². The van der Waals surface area contributed by atoms with E-state index in [4.69, 9.17) is 0 Å². The molecule has 6 heteroatoms. The van der Waals surface area contributed by atoms with Gasteiger partial charge in [0.1, 0.15) is 5.75 Å². The van der Waals surface area contributed by atoms with Gasteiger partial charge in [0.25, 0.3) is 0 Å². The molecule has 0 radical (unpaired) electrons. The summed E-state index contributed by atoms with van der Waals surface area (Å²) in [5.41, 5.74) is 0.841. The van der Waals surface area contributed by atoms with E-state index in [0.29, 0.717) is 6.54 Å². The first kappa shape index (κ1) is 13.7. The van der Waals surface area contributed by atoms with Crippen LogP contribution in [0.25, 0.3) is 0 Å². The molecule has 1 aromatic rings. The van der Waals surface area contributed by atoms with Crippen molar-refractivity contribution in [3.8, 4) is 5.75 Å². The maximum atomic E-state index is 12.0. The first-order valence-corrected chi connectivity index (χ1v) is 6.20. The van der Waals surface area contributed by atoms with Crippen LogP contribution in [-0.4, -0.2) is 25.1 Å². The number of halogens is 2. The van der Waals surface area contributed by atoms with Gasteiger partial charge < -0.3 is 15.4 Å². The molecule has 0 saturated carbocycles. The zero-order valence-electron chi connectivity index (χ0n) is 10.4. The molecule has 1 atom stereocenters. The maximum absolute atomic E-state index is 12.0. The van der Waals surface area contributed by atoms with Gasteiger partial charge in [-0.25, -0.2) is 0 Å². The van der Waals surface area contributed by atoms with Crippen LogP contribution in [0.15, 0.2) is 24.3 Å². The van der Waals surface area contributed by atoms with E-state index in [1.165, 1.54) is 12.1 Å². The quantitative estimate of drug-likeness (QED) is 0.855. The Balaban J connectivity index is 1.80. The van der Waals surface area contributed by atoms with E-state index in [1.807, 2.05) is 0 Å². The molecule has 2 N–H and O–H groups in total. The van der Waals surface area contributed by atoms with Gasteiger partial charge in [0.15, 0.2) is 0 Å². The van der Waals surface area contributed by atoms with Crippen LogP contribution in [0.5, 0.6) is 5.75 Å². The molecule has 1 aliphatic heterocycles. The Morgan fingerprint density at radius 3 is 2.74 bits per heavy atom. The van der Waals surface area contributed by atoms with Crippen LogP contribution in [0.1, 0.15) is 18.4 Å². The van der Waals surface area contributed by atoms with Crippen LogP contribution in [0.3, 0.4) is 0 Å². The normalized spacial score (nSPS) is 18.6. The van der Waals surface area contributed by atoms with Gasteiger partial charge in [-0.2, -0.15) is 8.78 Å². The Morgan fingerprint density at radius 2 is 2.16 bits per heavy atom. The lowest BCUT2D eigenvalue weighted by Crippen LogP contribution is -2.39. The van der Waals surface area contributed by atoms with E-state index in [2.05, 4.69) is 15.4 Å². The second-order valence-electron chi connectivity index (χ2n) is 4.39. The molecular weight excluding hydrogens is 254 g/mol. The van der Waals surface area contributed by atoms with Crippen molar-refractivity contribution in [2.24, 2.45) is 0 Å². The van der Waals surface area contributed by atoms with Gasteiger partial charge in [0.05, 0.1) is 6.04 Å². The van der Waals surface area contributed by atoms with E-state index >= 15 is 0 Å². The Morgan fingerprint density at radius 1 is 1.42 bits per heavy atom. The lowest BCUT2D eigenvalue weighted by atomic mass is 10.2. The zero-order chi connectivity index (χ0) is 13.7. The van der Waals surface area contributed by atoms with Crippen LogP contribution < -0.4 is 15.4 Å². The highest BCUT2D eigenvalue weighted by molar-refractivity contribution is 5.81. The Labute approximate surface area is 110 Å². The number of benzene rings is 1. The molecule has 0 bridgehead atoms. The zero-order valence-corrected chi connectivity index (χ0v) is 10.4. The second kappa shape index (κ2) is 6.47. The monoisotopic (exact) mass is 270 g/mol. The molecule has 4 nitrogen and oxygen atoms in total. The molecule has 0 aliphatic carbocycles. The minimum Gasteiger partial charge on any atom is -0.435 e. The summed E-state index contributed by atoms with van der Waals surface area (Å²) in [6.07, 6.45) is 1.87. The number of carbonyl (C=O) groups is 1. The fourth-order valence-electron chi connectivity index (χ4n) is 2.01. The molecule has 1 heterocycles. The summed E-state index contributed by atoms with van der Waals surface area (Å²) in [7, 11) is 0. The summed E-state index contributed by atoms with van der Waals surface area (Å²) < 4.78 is 28.2. The number of hydrogen-bond donors (Lipinski definition) is 2. The van der Waals surface area contributed by atoms with Crippen molar-refractivity contribution in [1.82, 2.24) is 10.6 Å². The lowest BCUT2D eigenvalue weighted by molar-refractivity contribution is -0.122. The molecule has 104 valence electrons. The van der Waals surface area contributed by atoms with E-state index in [0.717, 1.165) is 24.9 Å². The number of amides is 1. The molecular formula is C13H16F2N2O2. The minimum absolute atomic E-state index is 0.0228. The average Bonchev–Trinajstić information content (AvgIpc) is 2.91. The molecule has 0 aromatic heterocycles. The third-order valence-corrected chi connectivity index (χ3v) is 2.99. The van der Waals surface area contributed by atoms with Crippen LogP contribution in [0.4, 0.5) is 8.78 Å². The first-order chi connectivity index (χ1) is 9.15. The predicted molar refractivity (Wildman–Crippen MR) is 65.9 cm³/mol. The first-order valence-electron chi connectivity index (χ1n) is 6.20. The van der Waals surface area contributed by atoms with Gasteiger partial charge in [-0.1, -0.05) is 12.1 Å². The van der Waals surface area contributed by atoms with Gasteiger partial charge in [-0.05, 0) is 37.1 Å². The number of hydrogen-bond acceptors (Lipinski definition) is 3. The van der Waals surface area contributed by atoms with Crippen molar-refractivity contribution in [2.75, 3.05) is 6.54 Å². The van der Waals surface area contributed by atoms with Crippen LogP contribution in [0, 0.1) is 0 Å². The topological polar surface area (TPSA) is 50.4 Å². The average molecular weight is 270 g/mol. The molecule has 1 aliphatic rings. The van der Waals surface area contributed by atoms with Crippen molar-refractivity contribution in [3.05, 3.63) is 29.8 Å². The molecule has 1 aromatic carbocycles. The molecule has 1 amide bonds. The van der Waals surface area contributed by atoms with Gasteiger partial charge in [-0.3, -0.25) is 4.79 Å². The smallest absolute Gasteiger partial charge is 0.387 e. The van der Waals surface area contributed by atoms with Gasteiger partial charge in [0, 0.05) is 6.54 Å². The summed E-state index contributed by atoms with van der Waals surface area (Å²) in [5, 5.41) is 5.92. The van der Waals surface area contributed by atoms with Crippen LogP contribution in [0.2, 0.25) is 0 Å². The number of ether oxygens (including phenoxy) is 1. The number of alkyl halides is 2. The summed E-state index contributed by atoms with van der Waals surface area (Å²) in [6, 6.07) is 6.12. The van der Waals surface area contributed by atoms with Crippen molar-refractivity contribution in [1.29, 1.82) is 0 Å². The summed E-state index contributed by atoms with van der Waals surface area (Å²) in [6.45, 7) is -1.57. The van der Waals surface area contributed by atoms with Gasteiger partial charge in [0.2, 0.25) is 5.91 Å².